The number of primary amides is 1. The Kier molecular flexibility index (Phi) is 9.92. The van der Waals surface area contributed by atoms with E-state index in [0.717, 1.165) is 24.1 Å². The fraction of sp³-hybridized carbons (Fsp3) is 0.364. The number of benzene rings is 3. The lowest BCUT2D eigenvalue weighted by Gasteiger charge is -2.46. The van der Waals surface area contributed by atoms with Crippen molar-refractivity contribution in [2.24, 2.45) is 5.73 Å². The first kappa shape index (κ1) is 31.4. The Morgan fingerprint density at radius 1 is 1.00 bits per heavy atom. The molecular weight excluding hydrogens is 548 g/mol. The molecule has 10 nitrogen and oxygen atoms in total. The second-order valence-corrected chi connectivity index (χ2v) is 11.8. The number of nitrogens with two attached hydrogens (primary N) is 1. The largest absolute Gasteiger partial charge is 0.508 e. The van der Waals surface area contributed by atoms with Crippen molar-refractivity contribution in [2.45, 2.75) is 57.8 Å². The zero-order valence-corrected chi connectivity index (χ0v) is 24.9. The number of urea groups is 1. The average Bonchev–Trinajstić information content (AvgIpc) is 2.93. The van der Waals surface area contributed by atoms with E-state index in [9.17, 15) is 24.6 Å². The van der Waals surface area contributed by atoms with Gasteiger partial charge < -0.3 is 35.4 Å². The monoisotopic (exact) mass is 589 g/mol. The zero-order chi connectivity index (χ0) is 31.1. The van der Waals surface area contributed by atoms with Crippen LogP contribution in [0, 0.1) is 0 Å². The zero-order valence-electron chi connectivity index (χ0n) is 24.9. The van der Waals surface area contributed by atoms with Gasteiger partial charge in [0, 0.05) is 17.7 Å². The highest BCUT2D eigenvalue weighted by atomic mass is 16.5. The van der Waals surface area contributed by atoms with E-state index in [1.807, 2.05) is 12.1 Å². The normalized spacial score (nSPS) is 18.9. The summed E-state index contributed by atoms with van der Waals surface area (Å²) in [6, 6.07) is 18.3. The Hall–Kier alpha value is -4.57. The summed E-state index contributed by atoms with van der Waals surface area (Å²) in [4.78, 5) is 40.8. The van der Waals surface area contributed by atoms with Crippen LogP contribution >= 0.6 is 0 Å². The maximum atomic E-state index is 14.0. The lowest BCUT2D eigenvalue weighted by Crippen LogP contribution is -2.62. The van der Waals surface area contributed by atoms with E-state index in [0.29, 0.717) is 35.2 Å². The Morgan fingerprint density at radius 2 is 1.70 bits per heavy atom. The minimum Gasteiger partial charge on any atom is -0.508 e. The highest BCUT2D eigenvalue weighted by molar-refractivity contribution is 5.95. The molecule has 0 bridgehead atoms. The SMILES string of the molecule is CC(C)OC(=O)c1ccc(NC(=O)N([C@H]2CCC[N+](C)(Cc3cccc(O)c3)C2)[C@@H](Cc2ccc(O)cc2)C(N)=O)cc1. The fourth-order valence-electron chi connectivity index (χ4n) is 5.78. The number of aromatic hydroxyl groups is 2. The number of carbonyl (C=O) groups excluding carboxylic acids is 3. The summed E-state index contributed by atoms with van der Waals surface area (Å²) in [7, 11) is 2.11. The Balaban J connectivity index is 1.62. The molecule has 1 aliphatic rings. The average molecular weight is 590 g/mol. The summed E-state index contributed by atoms with van der Waals surface area (Å²) in [6.45, 7) is 5.63. The molecule has 228 valence electrons. The van der Waals surface area contributed by atoms with Crippen LogP contribution < -0.4 is 11.1 Å². The van der Waals surface area contributed by atoms with Crippen LogP contribution in [-0.2, 0) is 22.5 Å². The van der Waals surface area contributed by atoms with E-state index in [2.05, 4.69) is 12.4 Å². The van der Waals surface area contributed by atoms with Crippen molar-refractivity contribution in [3.05, 3.63) is 89.5 Å². The molecule has 3 atom stereocenters. The van der Waals surface area contributed by atoms with E-state index < -0.39 is 23.9 Å². The summed E-state index contributed by atoms with van der Waals surface area (Å²) in [5.74, 6) is -0.794. The van der Waals surface area contributed by atoms with Crippen LogP contribution in [0.4, 0.5) is 10.5 Å². The number of esters is 1. The molecule has 3 aromatic rings. The number of piperidine rings is 1. The number of anilines is 1. The van der Waals surface area contributed by atoms with Crippen LogP contribution in [0.25, 0.3) is 0 Å². The maximum Gasteiger partial charge on any atom is 0.338 e. The maximum absolute atomic E-state index is 14.0. The topological polar surface area (TPSA) is 142 Å². The van der Waals surface area contributed by atoms with E-state index in [4.69, 9.17) is 10.5 Å². The third-order valence-electron chi connectivity index (χ3n) is 7.73. The predicted molar refractivity (Wildman–Crippen MR) is 163 cm³/mol. The number of nitrogens with one attached hydrogen (secondary N) is 1. The van der Waals surface area contributed by atoms with Crippen molar-refractivity contribution in [1.82, 2.24) is 4.90 Å². The van der Waals surface area contributed by atoms with Crippen LogP contribution in [-0.4, -0.2) is 75.8 Å². The van der Waals surface area contributed by atoms with Gasteiger partial charge >= 0.3 is 12.0 Å². The highest BCUT2D eigenvalue weighted by Crippen LogP contribution is 2.28. The number of likely N-dealkylation sites (N-methyl/N-ethyl adjacent to an activating group) is 1. The summed E-state index contributed by atoms with van der Waals surface area (Å²) >= 11 is 0. The third-order valence-corrected chi connectivity index (χ3v) is 7.73. The molecule has 1 heterocycles. The van der Waals surface area contributed by atoms with Gasteiger partial charge in [0.2, 0.25) is 5.91 Å². The number of quaternary nitrogens is 1. The summed E-state index contributed by atoms with van der Waals surface area (Å²) < 4.78 is 5.85. The Labute approximate surface area is 252 Å². The number of carbonyl (C=O) groups is 3. The van der Waals surface area contributed by atoms with Gasteiger partial charge in [0.1, 0.15) is 24.1 Å². The van der Waals surface area contributed by atoms with E-state index in [1.165, 1.54) is 12.1 Å². The van der Waals surface area contributed by atoms with Crippen LogP contribution in [0.3, 0.4) is 0 Å². The van der Waals surface area contributed by atoms with E-state index in [1.54, 1.807) is 67.3 Å². The number of hydrogen-bond donors (Lipinski definition) is 4. The summed E-state index contributed by atoms with van der Waals surface area (Å²) in [6.07, 6.45) is 1.42. The van der Waals surface area contributed by atoms with Crippen LogP contribution in [0.15, 0.2) is 72.8 Å². The van der Waals surface area contributed by atoms with Crippen LogP contribution in [0.5, 0.6) is 11.5 Å². The standard InChI is InChI=1S/C33H40N4O6/c1-22(2)43-32(41)25-11-13-26(14-12-25)35-33(42)36(30(31(34)40)19-23-9-15-28(38)16-10-23)27-7-5-17-37(3,21-27)20-24-6-4-8-29(39)18-24/h4,6,8-16,18,22,27,30H,5,7,17,19-21H2,1-3H3,(H4-,34,35,38,39,40,41,42)/p+1/t27-,30-,37?/m0/s1. The van der Waals surface area contributed by atoms with Gasteiger partial charge in [-0.1, -0.05) is 24.3 Å². The van der Waals surface area contributed by atoms with Crippen molar-refractivity contribution in [3.8, 4) is 11.5 Å². The van der Waals surface area contributed by atoms with Gasteiger partial charge in [0.15, 0.2) is 0 Å². The molecule has 1 unspecified atom stereocenters. The number of hydrogen-bond acceptors (Lipinski definition) is 6. The number of rotatable bonds is 10. The molecule has 10 heteroatoms. The predicted octanol–water partition coefficient (Wildman–Crippen LogP) is 4.40. The molecule has 3 aromatic carbocycles. The lowest BCUT2D eigenvalue weighted by atomic mass is 9.96. The minimum absolute atomic E-state index is 0.0991. The molecule has 0 radical (unpaired) electrons. The smallest absolute Gasteiger partial charge is 0.338 e. The fourth-order valence-corrected chi connectivity index (χ4v) is 5.78. The van der Waals surface area contributed by atoms with Crippen LogP contribution in [0.1, 0.15) is 48.2 Å². The van der Waals surface area contributed by atoms with Gasteiger partial charge in [-0.05, 0) is 80.8 Å². The molecule has 43 heavy (non-hydrogen) atoms. The number of phenols is 2. The molecule has 5 N–H and O–H groups in total. The molecule has 4 rings (SSSR count). The number of ether oxygens (including phenoxy) is 1. The molecule has 0 aliphatic carbocycles. The first-order valence-corrected chi connectivity index (χ1v) is 14.5. The summed E-state index contributed by atoms with van der Waals surface area (Å²) in [5.41, 5.74) is 8.50. The van der Waals surface area contributed by atoms with Gasteiger partial charge in [-0.3, -0.25) is 4.79 Å². The number of amides is 3. The van der Waals surface area contributed by atoms with E-state index >= 15 is 0 Å². The van der Waals surface area contributed by atoms with Crippen molar-refractivity contribution in [2.75, 3.05) is 25.5 Å². The van der Waals surface area contributed by atoms with Gasteiger partial charge in [0.05, 0.1) is 37.8 Å². The van der Waals surface area contributed by atoms with Crippen molar-refractivity contribution < 1.29 is 33.8 Å². The molecule has 1 aliphatic heterocycles. The summed E-state index contributed by atoms with van der Waals surface area (Å²) in [5, 5.41) is 22.6. The Morgan fingerprint density at radius 3 is 2.33 bits per heavy atom. The van der Waals surface area contributed by atoms with Gasteiger partial charge in [-0.25, -0.2) is 9.59 Å². The molecular formula is C33H41N4O6+. The van der Waals surface area contributed by atoms with Gasteiger partial charge in [-0.15, -0.1) is 0 Å². The quantitative estimate of drug-likeness (QED) is 0.204. The molecule has 0 saturated carbocycles. The number of likely N-dealkylation sites (tertiary alicyclic amines) is 1. The first-order valence-electron chi connectivity index (χ1n) is 14.5. The Bertz CT molecular complexity index is 1430. The lowest BCUT2D eigenvalue weighted by molar-refractivity contribution is -0.928. The van der Waals surface area contributed by atoms with Gasteiger partial charge in [-0.2, -0.15) is 0 Å². The number of nitrogens with zero attached hydrogens (tertiary/aromatic N) is 2. The first-order chi connectivity index (χ1) is 20.4. The molecule has 1 fully saturated rings. The second kappa shape index (κ2) is 13.6. The molecule has 1 saturated heterocycles. The molecule has 0 spiro atoms. The van der Waals surface area contributed by atoms with Crippen molar-refractivity contribution in [1.29, 1.82) is 0 Å². The van der Waals surface area contributed by atoms with Crippen molar-refractivity contribution >= 4 is 23.6 Å². The second-order valence-electron chi connectivity index (χ2n) is 11.8. The number of phenolic OH excluding ortho intramolecular Hbond substituents is 2. The van der Waals surface area contributed by atoms with Crippen LogP contribution in [0.2, 0.25) is 0 Å². The molecule has 0 aromatic heterocycles. The molecule has 3 amide bonds. The van der Waals surface area contributed by atoms with Gasteiger partial charge in [0.25, 0.3) is 0 Å². The van der Waals surface area contributed by atoms with Crippen molar-refractivity contribution in [3.63, 3.8) is 0 Å². The third kappa shape index (κ3) is 8.48. The minimum atomic E-state index is -0.956. The van der Waals surface area contributed by atoms with E-state index in [-0.39, 0.29) is 30.1 Å². The highest BCUT2D eigenvalue weighted by Gasteiger charge is 2.41.